The lowest BCUT2D eigenvalue weighted by Gasteiger charge is -2.22. The van der Waals surface area contributed by atoms with E-state index in [-0.39, 0.29) is 5.91 Å². The normalized spacial score (nSPS) is 11.4. The van der Waals surface area contributed by atoms with Crippen LogP contribution in [0.3, 0.4) is 0 Å². The topological polar surface area (TPSA) is 20.3 Å². The van der Waals surface area contributed by atoms with Gasteiger partial charge in [0.15, 0.2) is 0 Å². The van der Waals surface area contributed by atoms with Crippen molar-refractivity contribution in [2.75, 3.05) is 13.1 Å². The van der Waals surface area contributed by atoms with Gasteiger partial charge in [0.2, 0.25) is 5.91 Å². The molecule has 0 radical (unpaired) electrons. The summed E-state index contributed by atoms with van der Waals surface area (Å²) in [4.78, 5) is 11.7. The average Bonchev–Trinajstić information content (AvgIpc) is 1.80. The number of nitrogens with zero attached hydrogens (tertiary/aromatic N) is 1. The van der Waals surface area contributed by atoms with E-state index >= 15 is 0 Å². The highest BCUT2D eigenvalue weighted by Crippen LogP contribution is 2.22. The summed E-state index contributed by atoms with van der Waals surface area (Å²) < 4.78 is 24.6. The summed E-state index contributed by atoms with van der Waals surface area (Å²) in [5.74, 6) is -0.324. The molecule has 1 amide bonds. The van der Waals surface area contributed by atoms with Crippen LogP contribution in [0.4, 0.5) is 8.78 Å². The Labute approximate surface area is 67.1 Å². The van der Waals surface area contributed by atoms with Crippen LogP contribution < -0.4 is 0 Å². The summed E-state index contributed by atoms with van der Waals surface area (Å²) in [5.41, 5.74) is -2.87. The quantitative estimate of drug-likeness (QED) is 0.604. The second-order valence-electron chi connectivity index (χ2n) is 2.29. The Bertz CT molecular complexity index is 146. The number of carbonyl (C=O) groups excluding carboxylic acids is 1. The molecule has 1 unspecified atom stereocenters. The molecule has 0 spiro atoms. The summed E-state index contributed by atoms with van der Waals surface area (Å²) in [7, 11) is 1.41. The third-order valence-electron chi connectivity index (χ3n) is 1.23. The van der Waals surface area contributed by atoms with Crippen molar-refractivity contribution in [1.29, 1.82) is 0 Å². The van der Waals surface area contributed by atoms with Crippen LogP contribution >= 0.6 is 9.24 Å². The van der Waals surface area contributed by atoms with Gasteiger partial charge in [-0.2, -0.15) is 0 Å². The molecule has 0 saturated carbocycles. The van der Waals surface area contributed by atoms with E-state index < -0.39 is 12.2 Å². The standard InChI is InChI=1S/C6H12F2NOP/c1-3-9(5(2)10)4-6(7,8)11/h3-4,11H2,1-2H3. The second-order valence-corrected chi connectivity index (χ2v) is 3.14. The van der Waals surface area contributed by atoms with E-state index in [4.69, 9.17) is 0 Å². The Balaban J connectivity index is 3.99. The van der Waals surface area contributed by atoms with Gasteiger partial charge in [-0.3, -0.25) is 4.79 Å². The Hall–Kier alpha value is -0.240. The molecule has 11 heavy (non-hydrogen) atoms. The van der Waals surface area contributed by atoms with E-state index in [1.54, 1.807) is 6.92 Å². The van der Waals surface area contributed by atoms with Crippen LogP contribution in [-0.4, -0.2) is 29.6 Å². The van der Waals surface area contributed by atoms with E-state index in [0.29, 0.717) is 6.54 Å². The van der Waals surface area contributed by atoms with Crippen LogP contribution in [0.1, 0.15) is 13.8 Å². The van der Waals surface area contributed by atoms with Gasteiger partial charge in [0.05, 0.1) is 6.54 Å². The molecule has 0 aliphatic rings. The van der Waals surface area contributed by atoms with Gasteiger partial charge in [-0.05, 0) is 6.92 Å². The third kappa shape index (κ3) is 5.08. The number of amides is 1. The molecule has 0 saturated heterocycles. The summed E-state index contributed by atoms with van der Waals surface area (Å²) in [6.07, 6.45) is 0. The van der Waals surface area contributed by atoms with Gasteiger partial charge < -0.3 is 4.90 Å². The Kier molecular flexibility index (Phi) is 3.87. The van der Waals surface area contributed by atoms with Crippen LogP contribution in [0.5, 0.6) is 0 Å². The smallest absolute Gasteiger partial charge is 0.276 e. The van der Waals surface area contributed by atoms with Crippen molar-refractivity contribution in [3.8, 4) is 0 Å². The molecule has 0 bridgehead atoms. The Morgan fingerprint density at radius 1 is 1.64 bits per heavy atom. The lowest BCUT2D eigenvalue weighted by atomic mass is 10.4. The van der Waals surface area contributed by atoms with Crippen molar-refractivity contribution >= 4 is 15.1 Å². The van der Waals surface area contributed by atoms with Gasteiger partial charge in [0, 0.05) is 13.5 Å². The molecule has 0 heterocycles. The maximum Gasteiger partial charge on any atom is 0.276 e. The van der Waals surface area contributed by atoms with Crippen LogP contribution in [0.15, 0.2) is 0 Å². The van der Waals surface area contributed by atoms with Crippen LogP contribution in [0.25, 0.3) is 0 Å². The largest absolute Gasteiger partial charge is 0.337 e. The minimum absolute atomic E-state index is 0.319. The fourth-order valence-electron chi connectivity index (χ4n) is 0.700. The first-order valence-corrected chi connectivity index (χ1v) is 3.86. The molecule has 5 heteroatoms. The SMILES string of the molecule is CCN(CC(F)(F)P)C(C)=O. The predicted molar refractivity (Wildman–Crippen MR) is 42.6 cm³/mol. The fourth-order valence-corrected chi connectivity index (χ4v) is 0.921. The van der Waals surface area contributed by atoms with Crippen molar-refractivity contribution in [3.05, 3.63) is 0 Å². The highest BCUT2D eigenvalue weighted by molar-refractivity contribution is 7.18. The van der Waals surface area contributed by atoms with Gasteiger partial charge in [-0.15, -0.1) is 0 Å². The van der Waals surface area contributed by atoms with Gasteiger partial charge in [-0.1, -0.05) is 9.24 Å². The molecule has 2 nitrogen and oxygen atoms in total. The minimum Gasteiger partial charge on any atom is -0.337 e. The highest BCUT2D eigenvalue weighted by Gasteiger charge is 2.25. The zero-order valence-corrected chi connectivity index (χ0v) is 7.76. The third-order valence-corrected chi connectivity index (χ3v) is 1.41. The molecule has 0 rings (SSSR count). The fraction of sp³-hybridized carbons (Fsp3) is 0.833. The molecular weight excluding hydrogens is 171 g/mol. The number of hydrogen-bond acceptors (Lipinski definition) is 1. The molecule has 0 aromatic heterocycles. The first kappa shape index (κ1) is 10.8. The average molecular weight is 183 g/mol. The molecule has 0 fully saturated rings. The Morgan fingerprint density at radius 3 is 2.18 bits per heavy atom. The van der Waals surface area contributed by atoms with Crippen molar-refractivity contribution in [2.24, 2.45) is 0 Å². The highest BCUT2D eigenvalue weighted by atomic mass is 31.0. The van der Waals surface area contributed by atoms with Crippen LogP contribution in [0, 0.1) is 0 Å². The molecule has 0 N–H and O–H groups in total. The molecule has 0 aliphatic carbocycles. The van der Waals surface area contributed by atoms with Crippen LogP contribution in [0.2, 0.25) is 0 Å². The number of carbonyl (C=O) groups is 1. The van der Waals surface area contributed by atoms with Gasteiger partial charge in [0.25, 0.3) is 5.66 Å². The second kappa shape index (κ2) is 3.96. The predicted octanol–water partition coefficient (Wildman–Crippen LogP) is 1.32. The number of rotatable bonds is 3. The summed E-state index contributed by atoms with van der Waals surface area (Å²) in [5, 5.41) is 0. The van der Waals surface area contributed by atoms with Gasteiger partial charge in [-0.25, -0.2) is 8.78 Å². The van der Waals surface area contributed by atoms with E-state index in [0.717, 1.165) is 4.90 Å². The van der Waals surface area contributed by atoms with Gasteiger partial charge >= 0.3 is 0 Å². The van der Waals surface area contributed by atoms with Crippen molar-refractivity contribution in [2.45, 2.75) is 19.5 Å². The zero-order valence-electron chi connectivity index (χ0n) is 6.60. The maximum absolute atomic E-state index is 12.3. The zero-order chi connectivity index (χ0) is 9.07. The number of halogens is 2. The van der Waals surface area contributed by atoms with Crippen molar-refractivity contribution in [3.63, 3.8) is 0 Å². The van der Waals surface area contributed by atoms with Crippen molar-refractivity contribution in [1.82, 2.24) is 4.90 Å². The first-order chi connectivity index (χ1) is 4.87. The molecular formula is C6H12F2NOP. The number of hydrogen-bond donors (Lipinski definition) is 0. The molecule has 1 atom stereocenters. The van der Waals surface area contributed by atoms with E-state index in [2.05, 4.69) is 0 Å². The molecule has 0 aromatic carbocycles. The molecule has 0 aromatic rings. The summed E-state index contributed by atoms with van der Waals surface area (Å²) >= 11 is 0. The lowest BCUT2D eigenvalue weighted by Crippen LogP contribution is -2.36. The monoisotopic (exact) mass is 183 g/mol. The number of alkyl halides is 2. The lowest BCUT2D eigenvalue weighted by molar-refractivity contribution is -0.131. The first-order valence-electron chi connectivity index (χ1n) is 3.29. The van der Waals surface area contributed by atoms with E-state index in [9.17, 15) is 13.6 Å². The maximum atomic E-state index is 12.3. The van der Waals surface area contributed by atoms with Crippen molar-refractivity contribution < 1.29 is 13.6 Å². The molecule has 0 aliphatic heterocycles. The molecule has 66 valence electrons. The summed E-state index contributed by atoms with van der Waals surface area (Å²) in [6.45, 7) is 2.74. The van der Waals surface area contributed by atoms with E-state index in [1.807, 2.05) is 0 Å². The minimum atomic E-state index is -2.87. The van der Waals surface area contributed by atoms with E-state index in [1.165, 1.54) is 16.2 Å². The van der Waals surface area contributed by atoms with Gasteiger partial charge in [0.1, 0.15) is 0 Å². The Morgan fingerprint density at radius 2 is 2.09 bits per heavy atom. The summed E-state index contributed by atoms with van der Waals surface area (Å²) in [6, 6.07) is 0. The van der Waals surface area contributed by atoms with Crippen LogP contribution in [-0.2, 0) is 4.79 Å².